The lowest BCUT2D eigenvalue weighted by Gasteiger charge is -2.20. The minimum absolute atomic E-state index is 0.166. The molecule has 0 spiro atoms. The topological polar surface area (TPSA) is 75.3 Å². The molecule has 0 saturated carbocycles. The van der Waals surface area contributed by atoms with Crippen molar-refractivity contribution in [2.45, 2.75) is 19.8 Å². The predicted octanol–water partition coefficient (Wildman–Crippen LogP) is 0.682. The Morgan fingerprint density at radius 1 is 1.75 bits per heavy atom. The zero-order valence-corrected chi connectivity index (χ0v) is 9.13. The van der Waals surface area contributed by atoms with Crippen molar-refractivity contribution in [1.29, 1.82) is 0 Å². The van der Waals surface area contributed by atoms with Crippen LogP contribution in [0.4, 0.5) is 0 Å². The Kier molecular flexibility index (Phi) is 3.09. The first-order valence-electron chi connectivity index (χ1n) is 6.66. The van der Waals surface area contributed by atoms with Crippen molar-refractivity contribution < 1.29 is 19.1 Å². The lowest BCUT2D eigenvalue weighted by atomic mass is 9.87. The van der Waals surface area contributed by atoms with Crippen LogP contribution in [-0.2, 0) is 18.2 Å². The fourth-order valence-electron chi connectivity index (χ4n) is 1.79. The Hall–Kier alpha value is -1.36. The molecule has 1 aromatic rings. The first kappa shape index (κ1) is 8.75. The van der Waals surface area contributed by atoms with Crippen molar-refractivity contribution in [1.82, 2.24) is 9.55 Å². The lowest BCUT2D eigenvalue weighted by Crippen LogP contribution is -2.28. The number of aliphatic hydroxyl groups is 1. The molecule has 0 aliphatic heterocycles. The number of rotatable bonds is 6. The van der Waals surface area contributed by atoms with Crippen LogP contribution in [0.25, 0.3) is 0 Å². The summed E-state index contributed by atoms with van der Waals surface area (Å²) in [5.74, 6) is -2.22. The SMILES string of the molecule is [2H]C([2H])([2H])n1cncc1C[C@@H](CO)[C@@H](CC)C(=O)O. The molecule has 2 N–H and O–H groups in total. The molecule has 1 aromatic heterocycles. The first-order chi connectivity index (χ1) is 8.81. The van der Waals surface area contributed by atoms with Crippen LogP contribution >= 0.6 is 0 Å². The van der Waals surface area contributed by atoms with E-state index in [-0.39, 0.29) is 13.0 Å². The van der Waals surface area contributed by atoms with Crippen molar-refractivity contribution >= 4 is 5.97 Å². The second-order valence-electron chi connectivity index (χ2n) is 3.75. The molecule has 90 valence electrons. The number of imidazole rings is 1. The summed E-state index contributed by atoms with van der Waals surface area (Å²) in [7, 11) is 0. The summed E-state index contributed by atoms with van der Waals surface area (Å²) in [4.78, 5) is 14.9. The summed E-state index contributed by atoms with van der Waals surface area (Å²) in [6, 6.07) is 0. The molecule has 0 unspecified atom stereocenters. The number of carboxylic acid groups (broad SMARTS) is 1. The van der Waals surface area contributed by atoms with E-state index in [9.17, 15) is 9.90 Å². The van der Waals surface area contributed by atoms with Crippen LogP contribution in [-0.4, -0.2) is 32.3 Å². The van der Waals surface area contributed by atoms with Gasteiger partial charge < -0.3 is 14.8 Å². The Labute approximate surface area is 99.0 Å². The van der Waals surface area contributed by atoms with Crippen molar-refractivity contribution in [3.05, 3.63) is 18.2 Å². The van der Waals surface area contributed by atoms with Gasteiger partial charge in [-0.3, -0.25) is 4.79 Å². The van der Waals surface area contributed by atoms with Gasteiger partial charge >= 0.3 is 5.97 Å². The molecule has 0 aliphatic rings. The molecule has 0 fully saturated rings. The number of aromatic nitrogens is 2. The second-order valence-corrected chi connectivity index (χ2v) is 3.75. The average molecular weight is 229 g/mol. The Balaban J connectivity index is 2.94. The smallest absolute Gasteiger partial charge is 0.306 e. The highest BCUT2D eigenvalue weighted by atomic mass is 16.4. The van der Waals surface area contributed by atoms with Crippen LogP contribution in [0, 0.1) is 11.8 Å². The van der Waals surface area contributed by atoms with Gasteiger partial charge in [0.25, 0.3) is 0 Å². The van der Waals surface area contributed by atoms with E-state index in [2.05, 4.69) is 4.98 Å². The Morgan fingerprint density at radius 3 is 3.00 bits per heavy atom. The minimum Gasteiger partial charge on any atom is -0.481 e. The molecule has 0 bridgehead atoms. The molecule has 0 aliphatic carbocycles. The molecule has 5 heteroatoms. The zero-order chi connectivity index (χ0) is 14.6. The monoisotopic (exact) mass is 229 g/mol. The van der Waals surface area contributed by atoms with Crippen molar-refractivity contribution in [3.8, 4) is 0 Å². The third kappa shape index (κ3) is 2.82. The molecule has 2 atom stereocenters. The quantitative estimate of drug-likeness (QED) is 0.752. The molecule has 1 rings (SSSR count). The normalized spacial score (nSPS) is 18.2. The number of nitrogens with zero attached hydrogens (tertiary/aromatic N) is 2. The molecular formula is C11H18N2O3. The standard InChI is InChI=1S/C11H18N2O3/c1-3-10(11(15)16)8(6-14)4-9-5-12-7-13(9)2/h5,7-8,10,14H,3-4,6H2,1-2H3,(H,15,16)/t8-,10+/m0/s1/i2D3. The summed E-state index contributed by atoms with van der Waals surface area (Å²) in [5, 5.41) is 18.4. The third-order valence-corrected chi connectivity index (χ3v) is 2.75. The highest BCUT2D eigenvalue weighted by molar-refractivity contribution is 5.70. The number of aryl methyl sites for hydroxylation is 1. The minimum atomic E-state index is -2.35. The fourth-order valence-corrected chi connectivity index (χ4v) is 1.79. The van der Waals surface area contributed by atoms with Gasteiger partial charge in [0, 0.05) is 35.5 Å². The highest BCUT2D eigenvalue weighted by Gasteiger charge is 2.26. The third-order valence-electron chi connectivity index (χ3n) is 2.75. The summed E-state index contributed by atoms with van der Waals surface area (Å²) >= 11 is 0. The van der Waals surface area contributed by atoms with Gasteiger partial charge in [0.1, 0.15) is 0 Å². The molecule has 0 amide bonds. The van der Waals surface area contributed by atoms with E-state index >= 15 is 0 Å². The van der Waals surface area contributed by atoms with E-state index < -0.39 is 24.8 Å². The van der Waals surface area contributed by atoms with E-state index in [0.29, 0.717) is 12.1 Å². The first-order valence-corrected chi connectivity index (χ1v) is 5.16. The molecule has 0 aromatic carbocycles. The summed E-state index contributed by atoms with van der Waals surface area (Å²) < 4.78 is 23.1. The van der Waals surface area contributed by atoms with E-state index in [0.717, 1.165) is 4.57 Å². The molecule has 5 nitrogen and oxygen atoms in total. The van der Waals surface area contributed by atoms with Crippen LogP contribution < -0.4 is 0 Å². The van der Waals surface area contributed by atoms with Crippen LogP contribution in [0.15, 0.2) is 12.5 Å². The number of aliphatic carboxylic acids is 1. The largest absolute Gasteiger partial charge is 0.481 e. The number of aliphatic hydroxyl groups excluding tert-OH is 1. The van der Waals surface area contributed by atoms with Crippen molar-refractivity contribution in [3.63, 3.8) is 0 Å². The number of hydrogen-bond acceptors (Lipinski definition) is 3. The Morgan fingerprint density at radius 2 is 2.50 bits per heavy atom. The van der Waals surface area contributed by atoms with Gasteiger partial charge in [-0.2, -0.15) is 0 Å². The lowest BCUT2D eigenvalue weighted by molar-refractivity contribution is -0.144. The van der Waals surface area contributed by atoms with Crippen LogP contribution in [0.5, 0.6) is 0 Å². The summed E-state index contributed by atoms with van der Waals surface area (Å²) in [6.45, 7) is -0.934. The van der Waals surface area contributed by atoms with Gasteiger partial charge in [-0.25, -0.2) is 4.98 Å². The summed E-state index contributed by atoms with van der Waals surface area (Å²) in [5.41, 5.74) is 0.402. The maximum Gasteiger partial charge on any atom is 0.306 e. The van der Waals surface area contributed by atoms with Crippen LogP contribution in [0.3, 0.4) is 0 Å². The maximum absolute atomic E-state index is 11.1. The molecule has 16 heavy (non-hydrogen) atoms. The van der Waals surface area contributed by atoms with Gasteiger partial charge in [0.05, 0.1) is 12.2 Å². The van der Waals surface area contributed by atoms with E-state index in [1.165, 1.54) is 12.5 Å². The van der Waals surface area contributed by atoms with Gasteiger partial charge in [-0.15, -0.1) is 0 Å². The van der Waals surface area contributed by atoms with E-state index in [4.69, 9.17) is 9.22 Å². The van der Waals surface area contributed by atoms with Gasteiger partial charge in [-0.1, -0.05) is 6.92 Å². The number of carbonyl (C=O) groups is 1. The zero-order valence-electron chi connectivity index (χ0n) is 12.1. The van der Waals surface area contributed by atoms with Gasteiger partial charge in [0.15, 0.2) is 0 Å². The van der Waals surface area contributed by atoms with Crippen molar-refractivity contribution in [2.24, 2.45) is 18.8 Å². The second kappa shape index (κ2) is 5.65. The summed E-state index contributed by atoms with van der Waals surface area (Å²) in [6.07, 6.45) is 3.13. The number of hydrogen-bond donors (Lipinski definition) is 2. The molecule has 1 heterocycles. The van der Waals surface area contributed by atoms with Gasteiger partial charge in [0.2, 0.25) is 0 Å². The van der Waals surface area contributed by atoms with Gasteiger partial charge in [-0.05, 0) is 12.8 Å². The maximum atomic E-state index is 11.1. The van der Waals surface area contributed by atoms with Crippen molar-refractivity contribution in [2.75, 3.05) is 6.61 Å². The Bertz CT molecular complexity index is 431. The fraction of sp³-hybridized carbons (Fsp3) is 0.636. The highest BCUT2D eigenvalue weighted by Crippen LogP contribution is 2.20. The number of carboxylic acids is 1. The molecule has 0 radical (unpaired) electrons. The van der Waals surface area contributed by atoms with Crippen LogP contribution in [0.1, 0.15) is 23.2 Å². The molecular weight excluding hydrogens is 208 g/mol. The predicted molar refractivity (Wildman–Crippen MR) is 58.9 cm³/mol. The van der Waals surface area contributed by atoms with Crippen LogP contribution in [0.2, 0.25) is 0 Å². The van der Waals surface area contributed by atoms with E-state index in [1.807, 2.05) is 0 Å². The van der Waals surface area contributed by atoms with E-state index in [1.54, 1.807) is 6.92 Å². The molecule has 0 saturated heterocycles. The average Bonchev–Trinajstić information content (AvgIpc) is 2.75.